The van der Waals surface area contributed by atoms with E-state index in [0.29, 0.717) is 49.3 Å². The number of thioether (sulfide) groups is 1. The van der Waals surface area contributed by atoms with Gasteiger partial charge in [-0.2, -0.15) is 11.8 Å². The van der Waals surface area contributed by atoms with Crippen molar-refractivity contribution in [1.29, 1.82) is 0 Å². The zero-order valence-corrected chi connectivity index (χ0v) is 20.0. The highest BCUT2D eigenvalue weighted by atomic mass is 32.2. The van der Waals surface area contributed by atoms with E-state index in [4.69, 9.17) is 4.74 Å². The number of imide groups is 1. The molecule has 1 aromatic rings. The van der Waals surface area contributed by atoms with Crippen LogP contribution in [-0.2, 0) is 9.59 Å². The van der Waals surface area contributed by atoms with Gasteiger partial charge in [0.1, 0.15) is 17.3 Å². The Bertz CT molecular complexity index is 887. The minimum atomic E-state index is -0.716. The van der Waals surface area contributed by atoms with Gasteiger partial charge >= 0.3 is 6.03 Å². The van der Waals surface area contributed by atoms with Gasteiger partial charge in [-0.15, -0.1) is 0 Å². The second-order valence-electron chi connectivity index (χ2n) is 8.33. The van der Waals surface area contributed by atoms with Gasteiger partial charge in [-0.3, -0.25) is 19.3 Å². The minimum Gasteiger partial charge on any atom is -0.496 e. The van der Waals surface area contributed by atoms with Crippen molar-refractivity contribution in [3.8, 4) is 5.75 Å². The molecule has 1 unspecified atom stereocenters. The maximum atomic E-state index is 12.8. The second-order valence-corrected chi connectivity index (χ2v) is 9.31. The first-order valence-electron chi connectivity index (χ1n) is 11.3. The Morgan fingerprint density at radius 2 is 1.97 bits per heavy atom. The van der Waals surface area contributed by atoms with Gasteiger partial charge in [0.25, 0.3) is 11.8 Å². The number of methoxy groups -OCH3 is 1. The maximum Gasteiger partial charge on any atom is 0.325 e. The number of ether oxygens (including phenoxy) is 1. The number of rotatable bonds is 11. The molecule has 1 spiro atoms. The molecule has 3 N–H and O–H groups in total. The molecule has 1 aromatic carbocycles. The molecule has 1 aliphatic carbocycles. The average molecular weight is 477 g/mol. The van der Waals surface area contributed by atoms with Gasteiger partial charge in [0, 0.05) is 13.1 Å². The lowest BCUT2D eigenvalue weighted by atomic mass is 9.98. The molecule has 180 valence electrons. The predicted octanol–water partition coefficient (Wildman–Crippen LogP) is 1.92. The highest BCUT2D eigenvalue weighted by molar-refractivity contribution is 7.98. The molecule has 0 bridgehead atoms. The van der Waals surface area contributed by atoms with Crippen LogP contribution in [0.2, 0.25) is 0 Å². The van der Waals surface area contributed by atoms with Gasteiger partial charge in [0.2, 0.25) is 5.91 Å². The Balaban J connectivity index is 1.51. The lowest BCUT2D eigenvalue weighted by Crippen LogP contribution is -2.47. The first-order valence-corrected chi connectivity index (χ1v) is 12.7. The van der Waals surface area contributed by atoms with E-state index in [1.54, 1.807) is 36.0 Å². The van der Waals surface area contributed by atoms with Crippen LogP contribution in [0.4, 0.5) is 4.79 Å². The van der Waals surface area contributed by atoms with Crippen molar-refractivity contribution in [2.24, 2.45) is 0 Å². The van der Waals surface area contributed by atoms with Crippen molar-refractivity contribution < 1.29 is 23.9 Å². The van der Waals surface area contributed by atoms with E-state index < -0.39 is 11.6 Å². The molecular weight excluding hydrogens is 444 g/mol. The molecule has 9 nitrogen and oxygen atoms in total. The molecule has 33 heavy (non-hydrogen) atoms. The van der Waals surface area contributed by atoms with Crippen LogP contribution in [0.25, 0.3) is 0 Å². The summed E-state index contributed by atoms with van der Waals surface area (Å²) in [5.74, 6) is 0.312. The fraction of sp³-hybridized carbons (Fsp3) is 0.565. The number of hydrogen-bond donors (Lipinski definition) is 3. The van der Waals surface area contributed by atoms with Crippen LogP contribution in [0.5, 0.6) is 5.75 Å². The van der Waals surface area contributed by atoms with Gasteiger partial charge in [-0.25, -0.2) is 4.79 Å². The van der Waals surface area contributed by atoms with E-state index in [0.717, 1.165) is 12.8 Å². The van der Waals surface area contributed by atoms with Crippen molar-refractivity contribution in [2.45, 2.75) is 50.1 Å². The third-order valence-corrected chi connectivity index (χ3v) is 6.79. The normalized spacial score (nSPS) is 17.7. The summed E-state index contributed by atoms with van der Waals surface area (Å²) in [4.78, 5) is 51.7. The number of amides is 5. The lowest BCUT2D eigenvalue weighted by molar-refractivity contribution is -0.131. The second kappa shape index (κ2) is 11.4. The smallest absolute Gasteiger partial charge is 0.325 e. The van der Waals surface area contributed by atoms with Crippen LogP contribution >= 0.6 is 11.8 Å². The Morgan fingerprint density at radius 3 is 2.67 bits per heavy atom. The number of hydrogen-bond acceptors (Lipinski definition) is 6. The first-order chi connectivity index (χ1) is 15.9. The quantitative estimate of drug-likeness (QED) is 0.332. The van der Waals surface area contributed by atoms with Crippen molar-refractivity contribution >= 4 is 35.5 Å². The van der Waals surface area contributed by atoms with E-state index in [-0.39, 0.29) is 30.3 Å². The Morgan fingerprint density at radius 1 is 1.24 bits per heavy atom. The summed E-state index contributed by atoms with van der Waals surface area (Å²) in [6.07, 6.45) is 6.11. The van der Waals surface area contributed by atoms with E-state index in [1.165, 1.54) is 12.0 Å². The van der Waals surface area contributed by atoms with Crippen LogP contribution in [-0.4, -0.2) is 72.4 Å². The summed E-state index contributed by atoms with van der Waals surface area (Å²) < 4.78 is 5.24. The van der Waals surface area contributed by atoms with Crippen molar-refractivity contribution in [3.63, 3.8) is 0 Å². The first kappa shape index (κ1) is 24.9. The number of benzene rings is 1. The molecule has 1 aliphatic heterocycles. The molecule has 3 rings (SSSR count). The molecule has 2 aliphatic rings. The van der Waals surface area contributed by atoms with Crippen LogP contribution < -0.4 is 20.7 Å². The molecule has 1 heterocycles. The summed E-state index contributed by atoms with van der Waals surface area (Å²) in [6, 6.07) is 5.79. The largest absolute Gasteiger partial charge is 0.496 e. The van der Waals surface area contributed by atoms with E-state index in [9.17, 15) is 19.2 Å². The van der Waals surface area contributed by atoms with E-state index >= 15 is 0 Å². The van der Waals surface area contributed by atoms with Crippen LogP contribution in [0.15, 0.2) is 24.3 Å². The molecule has 10 heteroatoms. The lowest BCUT2D eigenvalue weighted by Gasteiger charge is -2.20. The highest BCUT2D eigenvalue weighted by Crippen LogP contribution is 2.35. The molecular formula is C23H32N4O5S. The number of nitrogens with zero attached hydrogens (tertiary/aromatic N) is 1. The maximum absolute atomic E-state index is 12.8. The standard InChI is InChI=1S/C23H32N4O5S/c1-32-18-9-4-3-8-16(18)19(28)25-17(10-15-33-2)20(29)24-13-7-14-27-21(30)23(26-22(27)31)11-5-6-12-23/h3-4,8-9,17H,5-7,10-15H2,1-2H3,(H,24,29)(H,25,28)(H,26,31). The monoisotopic (exact) mass is 476 g/mol. The fourth-order valence-electron chi connectivity index (χ4n) is 4.34. The van der Waals surface area contributed by atoms with Crippen molar-refractivity contribution in [1.82, 2.24) is 20.9 Å². The summed E-state index contributed by atoms with van der Waals surface area (Å²) in [6.45, 7) is 0.541. The number of carbonyl (C=O) groups is 4. The molecule has 5 amide bonds. The molecule has 1 saturated carbocycles. The summed E-state index contributed by atoms with van der Waals surface area (Å²) in [5.41, 5.74) is -0.354. The molecule has 1 saturated heterocycles. The summed E-state index contributed by atoms with van der Waals surface area (Å²) >= 11 is 1.59. The third-order valence-electron chi connectivity index (χ3n) is 6.14. The Kier molecular flexibility index (Phi) is 8.60. The highest BCUT2D eigenvalue weighted by Gasteiger charge is 2.52. The summed E-state index contributed by atoms with van der Waals surface area (Å²) in [7, 11) is 1.49. The SMILES string of the molecule is COc1ccccc1C(=O)NC(CCSC)C(=O)NCCCN1C(=O)NC2(CCCC2)C1=O. The van der Waals surface area contributed by atoms with Crippen LogP contribution in [0, 0.1) is 0 Å². The molecule has 2 fully saturated rings. The summed E-state index contributed by atoms with van der Waals surface area (Å²) in [5, 5.41) is 8.48. The van der Waals surface area contributed by atoms with Crippen molar-refractivity contribution in [3.05, 3.63) is 29.8 Å². The number of urea groups is 1. The Labute approximate surface area is 198 Å². The number of nitrogens with one attached hydrogen (secondary N) is 3. The van der Waals surface area contributed by atoms with Gasteiger partial charge in [0.05, 0.1) is 12.7 Å². The van der Waals surface area contributed by atoms with E-state index in [2.05, 4.69) is 16.0 Å². The van der Waals surface area contributed by atoms with Crippen LogP contribution in [0.1, 0.15) is 48.9 Å². The van der Waals surface area contributed by atoms with Gasteiger partial charge in [-0.1, -0.05) is 25.0 Å². The molecule has 0 aromatic heterocycles. The van der Waals surface area contributed by atoms with Gasteiger partial charge < -0.3 is 20.7 Å². The van der Waals surface area contributed by atoms with Gasteiger partial charge in [-0.05, 0) is 49.8 Å². The topological polar surface area (TPSA) is 117 Å². The zero-order valence-electron chi connectivity index (χ0n) is 19.1. The average Bonchev–Trinajstić information content (AvgIpc) is 3.38. The van der Waals surface area contributed by atoms with Gasteiger partial charge in [0.15, 0.2) is 0 Å². The van der Waals surface area contributed by atoms with E-state index in [1.807, 2.05) is 6.26 Å². The molecule has 1 atom stereocenters. The minimum absolute atomic E-state index is 0.154. The van der Waals surface area contributed by atoms with Crippen molar-refractivity contribution in [2.75, 3.05) is 32.2 Å². The fourth-order valence-corrected chi connectivity index (χ4v) is 4.81. The van der Waals surface area contributed by atoms with Crippen LogP contribution in [0.3, 0.4) is 0 Å². The Hall–Kier alpha value is -2.75. The zero-order chi connectivity index (χ0) is 23.8. The predicted molar refractivity (Wildman–Crippen MR) is 126 cm³/mol. The number of para-hydroxylation sites is 1. The number of carbonyl (C=O) groups excluding carboxylic acids is 4. The molecule has 0 radical (unpaired) electrons. The third kappa shape index (κ3) is 5.79.